The summed E-state index contributed by atoms with van der Waals surface area (Å²) in [6.45, 7) is 0.287. The van der Waals surface area contributed by atoms with Crippen LogP contribution in [0.15, 0.2) is 33.8 Å². The predicted molar refractivity (Wildman–Crippen MR) is 69.0 cm³/mol. The van der Waals surface area contributed by atoms with E-state index in [4.69, 9.17) is 5.11 Å². The van der Waals surface area contributed by atoms with Gasteiger partial charge in [0.1, 0.15) is 5.71 Å². The van der Waals surface area contributed by atoms with E-state index in [1.165, 1.54) is 5.01 Å². The van der Waals surface area contributed by atoms with Crippen LogP contribution in [0.25, 0.3) is 0 Å². The van der Waals surface area contributed by atoms with Crippen molar-refractivity contribution in [3.05, 3.63) is 34.3 Å². The van der Waals surface area contributed by atoms with Crippen molar-refractivity contribution in [1.82, 2.24) is 5.01 Å². The summed E-state index contributed by atoms with van der Waals surface area (Å²) in [7, 11) is 0. The van der Waals surface area contributed by atoms with Crippen LogP contribution in [0.2, 0.25) is 0 Å². The van der Waals surface area contributed by atoms with Crippen LogP contribution in [0, 0.1) is 0 Å². The van der Waals surface area contributed by atoms with Gasteiger partial charge in [-0.2, -0.15) is 5.10 Å². The van der Waals surface area contributed by atoms with Gasteiger partial charge < -0.3 is 5.11 Å². The summed E-state index contributed by atoms with van der Waals surface area (Å²) in [6.07, 6.45) is 0.391. The lowest BCUT2D eigenvalue weighted by atomic mass is 10.1. The number of benzene rings is 1. The van der Waals surface area contributed by atoms with Crippen LogP contribution in [0.5, 0.6) is 0 Å². The van der Waals surface area contributed by atoms with E-state index in [1.807, 2.05) is 24.3 Å². The molecule has 0 bridgehead atoms. The second-order valence-electron chi connectivity index (χ2n) is 3.93. The molecule has 2 rings (SSSR count). The van der Waals surface area contributed by atoms with Crippen LogP contribution < -0.4 is 0 Å². The zero-order valence-corrected chi connectivity index (χ0v) is 11.1. The lowest BCUT2D eigenvalue weighted by molar-refractivity contribution is -0.133. The largest absolute Gasteiger partial charge is 0.477 e. The number of hydrogen-bond donors (Lipinski definition) is 1. The Morgan fingerprint density at radius 2 is 2.22 bits per heavy atom. The van der Waals surface area contributed by atoms with Crippen molar-refractivity contribution in [3.8, 4) is 0 Å². The number of hydrazone groups is 1. The van der Waals surface area contributed by atoms with Gasteiger partial charge in [0.25, 0.3) is 0 Å². The van der Waals surface area contributed by atoms with Crippen molar-refractivity contribution >= 4 is 33.5 Å². The number of aliphatic carboxylic acids is 1. The molecule has 0 radical (unpaired) electrons. The average Bonchev–Trinajstić information content (AvgIpc) is 2.31. The number of hydrogen-bond acceptors (Lipinski definition) is 3. The first-order chi connectivity index (χ1) is 8.56. The van der Waals surface area contributed by atoms with Gasteiger partial charge in [0.2, 0.25) is 5.91 Å². The maximum atomic E-state index is 11.7. The first-order valence-corrected chi connectivity index (χ1v) is 6.21. The number of carbonyl (C=O) groups is 2. The van der Waals surface area contributed by atoms with Crippen molar-refractivity contribution in [2.45, 2.75) is 19.4 Å². The molecule has 0 atom stereocenters. The zero-order chi connectivity index (χ0) is 13.1. The highest BCUT2D eigenvalue weighted by Gasteiger charge is 2.23. The van der Waals surface area contributed by atoms with Gasteiger partial charge >= 0.3 is 5.97 Å². The predicted octanol–water partition coefficient (Wildman–Crippen LogP) is 2.01. The number of amides is 1. The number of halogens is 1. The summed E-state index contributed by atoms with van der Waals surface area (Å²) in [5, 5.41) is 14.0. The Bertz CT molecular complexity index is 528. The van der Waals surface area contributed by atoms with Crippen LogP contribution in [-0.4, -0.2) is 27.7 Å². The molecule has 1 aliphatic heterocycles. The molecule has 0 aliphatic carbocycles. The highest BCUT2D eigenvalue weighted by Crippen LogP contribution is 2.17. The number of carboxylic acid groups (broad SMARTS) is 1. The molecular weight excluding hydrogens is 300 g/mol. The Hall–Kier alpha value is -1.69. The summed E-state index contributed by atoms with van der Waals surface area (Å²) >= 11 is 3.34. The fourth-order valence-electron chi connectivity index (χ4n) is 1.69. The third-order valence-corrected chi connectivity index (χ3v) is 3.07. The van der Waals surface area contributed by atoms with Gasteiger partial charge in [-0.1, -0.05) is 28.1 Å². The summed E-state index contributed by atoms with van der Waals surface area (Å²) in [6, 6.07) is 7.48. The maximum absolute atomic E-state index is 11.7. The first-order valence-electron chi connectivity index (χ1n) is 5.42. The Labute approximate surface area is 112 Å². The van der Waals surface area contributed by atoms with Crippen molar-refractivity contribution in [2.24, 2.45) is 5.10 Å². The number of carboxylic acids is 1. The van der Waals surface area contributed by atoms with E-state index in [1.54, 1.807) is 0 Å². The van der Waals surface area contributed by atoms with Crippen molar-refractivity contribution in [1.29, 1.82) is 0 Å². The lowest BCUT2D eigenvalue weighted by Gasteiger charge is -2.22. The van der Waals surface area contributed by atoms with E-state index in [0.29, 0.717) is 0 Å². The molecule has 1 heterocycles. The van der Waals surface area contributed by atoms with E-state index in [2.05, 4.69) is 21.0 Å². The average molecular weight is 311 g/mol. The maximum Gasteiger partial charge on any atom is 0.352 e. The molecule has 1 aliphatic rings. The Morgan fingerprint density at radius 1 is 1.44 bits per heavy atom. The molecule has 1 amide bonds. The minimum atomic E-state index is -1.07. The summed E-state index contributed by atoms with van der Waals surface area (Å²) in [5.41, 5.74) is 0.928. The third kappa shape index (κ3) is 2.95. The van der Waals surface area contributed by atoms with Gasteiger partial charge in [0.15, 0.2) is 0 Å². The van der Waals surface area contributed by atoms with Crippen molar-refractivity contribution in [3.63, 3.8) is 0 Å². The highest BCUT2D eigenvalue weighted by atomic mass is 79.9. The standard InChI is InChI=1S/C12H11BrN2O3/c13-9-3-1-2-8(6-9)7-15-11(16)5-4-10(14-15)12(17)18/h1-3,6H,4-5,7H2,(H,17,18). The summed E-state index contributed by atoms with van der Waals surface area (Å²) in [4.78, 5) is 22.5. The van der Waals surface area contributed by atoms with Crippen molar-refractivity contribution < 1.29 is 14.7 Å². The smallest absolute Gasteiger partial charge is 0.352 e. The first kappa shape index (κ1) is 12.8. The second kappa shape index (κ2) is 5.30. The molecular formula is C12H11BrN2O3. The molecule has 94 valence electrons. The number of carbonyl (C=O) groups excluding carboxylic acids is 1. The minimum absolute atomic E-state index is 0.0320. The normalized spacial score (nSPS) is 15.5. The fourth-order valence-corrected chi connectivity index (χ4v) is 2.13. The molecule has 0 unspecified atom stereocenters. The summed E-state index contributed by atoms with van der Waals surface area (Å²) < 4.78 is 0.909. The zero-order valence-electron chi connectivity index (χ0n) is 9.47. The van der Waals surface area contributed by atoms with Gasteiger partial charge in [0.05, 0.1) is 6.54 Å². The van der Waals surface area contributed by atoms with Crippen molar-refractivity contribution in [2.75, 3.05) is 0 Å². The molecule has 0 saturated heterocycles. The quantitative estimate of drug-likeness (QED) is 0.928. The fraction of sp³-hybridized carbons (Fsp3) is 0.250. The van der Waals surface area contributed by atoms with E-state index < -0.39 is 5.97 Å². The van der Waals surface area contributed by atoms with Gasteiger partial charge in [0, 0.05) is 17.3 Å². The van der Waals surface area contributed by atoms with Gasteiger partial charge in [-0.25, -0.2) is 9.80 Å². The molecule has 6 heteroatoms. The van der Waals surface area contributed by atoms with E-state index in [9.17, 15) is 9.59 Å². The molecule has 1 aromatic rings. The molecule has 0 aromatic heterocycles. The molecule has 0 saturated carbocycles. The lowest BCUT2D eigenvalue weighted by Crippen LogP contribution is -2.33. The van der Waals surface area contributed by atoms with Crippen LogP contribution in [-0.2, 0) is 16.1 Å². The number of nitrogens with zero attached hydrogens (tertiary/aromatic N) is 2. The highest BCUT2D eigenvalue weighted by molar-refractivity contribution is 9.10. The van der Waals surface area contributed by atoms with E-state index in [0.717, 1.165) is 10.0 Å². The topological polar surface area (TPSA) is 70.0 Å². The van der Waals surface area contributed by atoms with Crippen LogP contribution >= 0.6 is 15.9 Å². The number of rotatable bonds is 3. The van der Waals surface area contributed by atoms with Crippen LogP contribution in [0.1, 0.15) is 18.4 Å². The molecule has 18 heavy (non-hydrogen) atoms. The Morgan fingerprint density at radius 3 is 2.89 bits per heavy atom. The Balaban J connectivity index is 2.19. The van der Waals surface area contributed by atoms with Crippen LogP contribution in [0.3, 0.4) is 0 Å². The molecule has 0 spiro atoms. The molecule has 5 nitrogen and oxygen atoms in total. The third-order valence-electron chi connectivity index (χ3n) is 2.57. The monoisotopic (exact) mass is 310 g/mol. The van der Waals surface area contributed by atoms with E-state index >= 15 is 0 Å². The van der Waals surface area contributed by atoms with Gasteiger partial charge in [-0.05, 0) is 17.7 Å². The molecule has 0 fully saturated rings. The Kier molecular flexibility index (Phi) is 3.76. The minimum Gasteiger partial charge on any atom is -0.477 e. The second-order valence-corrected chi connectivity index (χ2v) is 4.85. The molecule has 1 N–H and O–H groups in total. The SMILES string of the molecule is O=C(O)C1=NN(Cc2cccc(Br)c2)C(=O)CC1. The van der Waals surface area contributed by atoms with Gasteiger partial charge in [-0.3, -0.25) is 4.79 Å². The van der Waals surface area contributed by atoms with Gasteiger partial charge in [-0.15, -0.1) is 0 Å². The van der Waals surface area contributed by atoms with Crippen LogP contribution in [0.4, 0.5) is 0 Å². The van der Waals surface area contributed by atoms with E-state index in [-0.39, 0.29) is 31.0 Å². The summed E-state index contributed by atoms with van der Waals surface area (Å²) in [5.74, 6) is -1.22. The molecule has 1 aromatic carbocycles.